The van der Waals surface area contributed by atoms with E-state index >= 15 is 0 Å². The molecule has 0 atom stereocenters. The van der Waals surface area contributed by atoms with E-state index in [0.29, 0.717) is 28.6 Å². The minimum Gasteiger partial charge on any atom is -0.492 e. The number of benzene rings is 1. The van der Waals surface area contributed by atoms with Crippen LogP contribution in [0.1, 0.15) is 48.0 Å². The van der Waals surface area contributed by atoms with Crippen molar-refractivity contribution in [3.8, 4) is 11.5 Å². The standard InChI is InChI=1S/C16H22ClNO3/c1-20-14-11(9-19)8-12(17)13(15(14)21-2)16(10-18)6-4-3-5-7-16/h8-9H,3-7,10,18H2,1-2H3. The summed E-state index contributed by atoms with van der Waals surface area (Å²) in [4.78, 5) is 11.2. The molecule has 0 aromatic heterocycles. The maximum Gasteiger partial charge on any atom is 0.171 e. The van der Waals surface area contributed by atoms with Gasteiger partial charge in [0, 0.05) is 22.5 Å². The average molecular weight is 312 g/mol. The van der Waals surface area contributed by atoms with E-state index in [1.165, 1.54) is 13.5 Å². The maximum absolute atomic E-state index is 11.2. The fourth-order valence-electron chi connectivity index (χ4n) is 3.40. The number of rotatable bonds is 5. The predicted molar refractivity (Wildman–Crippen MR) is 83.8 cm³/mol. The summed E-state index contributed by atoms with van der Waals surface area (Å²) < 4.78 is 10.9. The second-order valence-corrected chi connectivity index (χ2v) is 5.96. The van der Waals surface area contributed by atoms with E-state index in [1.807, 2.05) is 0 Å². The van der Waals surface area contributed by atoms with Crippen LogP contribution in [0.4, 0.5) is 0 Å². The molecule has 0 bridgehead atoms. The van der Waals surface area contributed by atoms with Gasteiger partial charge in [0.25, 0.3) is 0 Å². The van der Waals surface area contributed by atoms with E-state index in [2.05, 4.69) is 0 Å². The minimum absolute atomic E-state index is 0.199. The molecule has 0 aliphatic heterocycles. The first kappa shape index (κ1) is 16.1. The molecule has 1 aromatic rings. The summed E-state index contributed by atoms with van der Waals surface area (Å²) in [6.07, 6.45) is 6.13. The quantitative estimate of drug-likeness (QED) is 0.847. The van der Waals surface area contributed by atoms with Crippen molar-refractivity contribution in [3.05, 3.63) is 22.2 Å². The number of hydrogen-bond donors (Lipinski definition) is 1. The molecular formula is C16H22ClNO3. The molecule has 5 heteroatoms. The first-order valence-electron chi connectivity index (χ1n) is 7.23. The Kier molecular flexibility index (Phi) is 5.12. The number of hydrogen-bond acceptors (Lipinski definition) is 4. The van der Waals surface area contributed by atoms with E-state index in [9.17, 15) is 4.79 Å². The highest BCUT2D eigenvalue weighted by atomic mass is 35.5. The molecule has 1 aromatic carbocycles. The zero-order chi connectivity index (χ0) is 15.5. The lowest BCUT2D eigenvalue weighted by Gasteiger charge is -2.38. The summed E-state index contributed by atoms with van der Waals surface area (Å²) in [5.41, 5.74) is 7.18. The monoisotopic (exact) mass is 311 g/mol. The van der Waals surface area contributed by atoms with E-state index in [-0.39, 0.29) is 5.41 Å². The molecule has 0 radical (unpaired) electrons. The molecule has 0 saturated heterocycles. The number of nitrogens with two attached hydrogens (primary N) is 1. The van der Waals surface area contributed by atoms with Crippen LogP contribution in [0.5, 0.6) is 11.5 Å². The predicted octanol–water partition coefficient (Wildman–Crippen LogP) is 3.33. The van der Waals surface area contributed by atoms with Gasteiger partial charge in [-0.15, -0.1) is 0 Å². The molecule has 2 rings (SSSR count). The normalized spacial score (nSPS) is 17.3. The van der Waals surface area contributed by atoms with Gasteiger partial charge in [0.2, 0.25) is 0 Å². The van der Waals surface area contributed by atoms with Gasteiger partial charge in [-0.25, -0.2) is 0 Å². The fourth-order valence-corrected chi connectivity index (χ4v) is 3.80. The van der Waals surface area contributed by atoms with Crippen molar-refractivity contribution in [1.29, 1.82) is 0 Å². The summed E-state index contributed by atoms with van der Waals surface area (Å²) in [6, 6.07) is 1.65. The Morgan fingerprint density at radius 2 is 1.86 bits per heavy atom. The maximum atomic E-state index is 11.2. The highest BCUT2D eigenvalue weighted by Crippen LogP contribution is 2.50. The third-order valence-electron chi connectivity index (χ3n) is 4.48. The first-order chi connectivity index (χ1) is 10.1. The van der Waals surface area contributed by atoms with Crippen molar-refractivity contribution in [2.24, 2.45) is 5.73 Å². The smallest absolute Gasteiger partial charge is 0.171 e. The number of halogens is 1. The second kappa shape index (κ2) is 6.67. The minimum atomic E-state index is -0.199. The molecule has 116 valence electrons. The van der Waals surface area contributed by atoms with E-state index < -0.39 is 0 Å². The van der Waals surface area contributed by atoms with Gasteiger partial charge in [0.05, 0.1) is 19.8 Å². The van der Waals surface area contributed by atoms with Gasteiger partial charge in [0.15, 0.2) is 17.8 Å². The largest absolute Gasteiger partial charge is 0.492 e. The molecule has 1 aliphatic rings. The zero-order valence-electron chi connectivity index (χ0n) is 12.6. The Morgan fingerprint density at radius 1 is 1.24 bits per heavy atom. The van der Waals surface area contributed by atoms with Crippen molar-refractivity contribution in [2.75, 3.05) is 20.8 Å². The molecule has 1 saturated carbocycles. The van der Waals surface area contributed by atoms with Crippen molar-refractivity contribution < 1.29 is 14.3 Å². The highest BCUT2D eigenvalue weighted by Gasteiger charge is 2.38. The van der Waals surface area contributed by atoms with Crippen molar-refractivity contribution in [1.82, 2.24) is 0 Å². The molecule has 0 unspecified atom stereocenters. The SMILES string of the molecule is COc1c(C=O)cc(Cl)c(C2(CN)CCCCC2)c1OC. The third kappa shape index (κ3) is 2.74. The number of aldehydes is 1. The Morgan fingerprint density at radius 3 is 2.33 bits per heavy atom. The Balaban J connectivity index is 2.69. The van der Waals surface area contributed by atoms with Crippen LogP contribution in [0, 0.1) is 0 Å². The Labute approximate surface area is 130 Å². The molecule has 0 spiro atoms. The molecule has 0 heterocycles. The number of carbonyl (C=O) groups is 1. The van der Waals surface area contributed by atoms with Crippen LogP contribution in [0.2, 0.25) is 5.02 Å². The summed E-state index contributed by atoms with van der Waals surface area (Å²) in [5, 5.41) is 0.530. The average Bonchev–Trinajstić information content (AvgIpc) is 2.54. The highest BCUT2D eigenvalue weighted by molar-refractivity contribution is 6.32. The Hall–Kier alpha value is -1.26. The van der Waals surface area contributed by atoms with E-state index in [0.717, 1.165) is 37.5 Å². The van der Waals surface area contributed by atoms with E-state index in [1.54, 1.807) is 13.2 Å². The van der Waals surface area contributed by atoms with Gasteiger partial charge in [-0.1, -0.05) is 30.9 Å². The lowest BCUT2D eigenvalue weighted by Crippen LogP contribution is -2.38. The van der Waals surface area contributed by atoms with Gasteiger partial charge in [-0.2, -0.15) is 0 Å². The second-order valence-electron chi connectivity index (χ2n) is 5.55. The summed E-state index contributed by atoms with van der Waals surface area (Å²) >= 11 is 6.47. The van der Waals surface area contributed by atoms with Crippen molar-refractivity contribution in [2.45, 2.75) is 37.5 Å². The molecule has 1 fully saturated rings. The molecular weight excluding hydrogens is 290 g/mol. The van der Waals surface area contributed by atoms with E-state index in [4.69, 9.17) is 26.8 Å². The van der Waals surface area contributed by atoms with Crippen LogP contribution < -0.4 is 15.2 Å². The van der Waals surface area contributed by atoms with Crippen LogP contribution >= 0.6 is 11.6 Å². The van der Waals surface area contributed by atoms with Crippen LogP contribution in [0.15, 0.2) is 6.07 Å². The summed E-state index contributed by atoms with van der Waals surface area (Å²) in [5.74, 6) is 0.977. The van der Waals surface area contributed by atoms with Crippen molar-refractivity contribution >= 4 is 17.9 Å². The zero-order valence-corrected chi connectivity index (χ0v) is 13.3. The van der Waals surface area contributed by atoms with Crippen LogP contribution in [0.3, 0.4) is 0 Å². The lowest BCUT2D eigenvalue weighted by molar-refractivity contribution is 0.111. The van der Waals surface area contributed by atoms with Crippen LogP contribution in [-0.4, -0.2) is 27.1 Å². The molecule has 4 nitrogen and oxygen atoms in total. The molecule has 2 N–H and O–H groups in total. The molecule has 21 heavy (non-hydrogen) atoms. The van der Waals surface area contributed by atoms with Gasteiger partial charge in [-0.05, 0) is 18.9 Å². The van der Waals surface area contributed by atoms with Gasteiger partial charge < -0.3 is 15.2 Å². The third-order valence-corrected chi connectivity index (χ3v) is 4.78. The van der Waals surface area contributed by atoms with Gasteiger partial charge in [-0.3, -0.25) is 4.79 Å². The molecule has 1 aliphatic carbocycles. The summed E-state index contributed by atoms with van der Waals surface area (Å²) in [6.45, 7) is 0.507. The number of carbonyl (C=O) groups excluding carboxylic acids is 1. The van der Waals surface area contributed by atoms with Crippen LogP contribution in [-0.2, 0) is 5.41 Å². The fraction of sp³-hybridized carbons (Fsp3) is 0.562. The van der Waals surface area contributed by atoms with Gasteiger partial charge >= 0.3 is 0 Å². The first-order valence-corrected chi connectivity index (χ1v) is 7.61. The van der Waals surface area contributed by atoms with Crippen molar-refractivity contribution in [3.63, 3.8) is 0 Å². The lowest BCUT2D eigenvalue weighted by atomic mass is 9.69. The topological polar surface area (TPSA) is 61.5 Å². The number of ether oxygens (including phenoxy) is 2. The molecule has 0 amide bonds. The summed E-state index contributed by atoms with van der Waals surface area (Å²) in [7, 11) is 3.10. The Bertz CT molecular complexity index is 525. The number of methoxy groups -OCH3 is 2. The van der Waals surface area contributed by atoms with Gasteiger partial charge in [0.1, 0.15) is 0 Å². The van der Waals surface area contributed by atoms with Crippen LogP contribution in [0.25, 0.3) is 0 Å².